The van der Waals surface area contributed by atoms with Gasteiger partial charge in [-0.3, -0.25) is 4.79 Å². The molecule has 7 heteroatoms. The summed E-state index contributed by atoms with van der Waals surface area (Å²) in [6, 6.07) is 4.64. The van der Waals surface area contributed by atoms with E-state index in [1.807, 2.05) is 0 Å². The molecule has 2 heterocycles. The van der Waals surface area contributed by atoms with Crippen molar-refractivity contribution < 1.29 is 4.79 Å². The summed E-state index contributed by atoms with van der Waals surface area (Å²) in [5, 5.41) is 3.13. The molecule has 0 radical (unpaired) electrons. The number of hydrogen-bond acceptors (Lipinski definition) is 4. The molecule has 0 fully saturated rings. The number of amides is 1. The number of carbonyl (C=O) groups excluding carboxylic acids is 1. The number of hydrogen-bond donors (Lipinski definition) is 2. The van der Waals surface area contributed by atoms with Gasteiger partial charge in [-0.25, -0.2) is 9.97 Å². The minimum Gasteiger partial charge on any atom is -0.397 e. The van der Waals surface area contributed by atoms with Crippen LogP contribution in [0.5, 0.6) is 0 Å². The van der Waals surface area contributed by atoms with Crippen LogP contribution < -0.4 is 11.1 Å². The topological polar surface area (TPSA) is 80.9 Å². The molecule has 0 saturated heterocycles. The first-order valence-electron chi connectivity index (χ1n) is 4.90. The number of nitrogen functional groups attached to an aromatic ring is 1. The molecule has 0 aliphatic heterocycles. The van der Waals surface area contributed by atoms with Gasteiger partial charge < -0.3 is 11.1 Å². The summed E-state index contributed by atoms with van der Waals surface area (Å²) in [4.78, 5) is 19.6. The van der Waals surface area contributed by atoms with Gasteiger partial charge in [-0.15, -0.1) is 0 Å². The standard InChI is InChI=1S/C11H8Cl2N4O/c12-6-1-2-9(15-4-6)17-11(18)8-3-7(14)5-16-10(8)13/h1-5H,14H2,(H,15,17,18). The monoisotopic (exact) mass is 282 g/mol. The van der Waals surface area contributed by atoms with Crippen molar-refractivity contribution in [2.24, 2.45) is 0 Å². The average molecular weight is 283 g/mol. The fraction of sp³-hybridized carbons (Fsp3) is 0. The van der Waals surface area contributed by atoms with E-state index >= 15 is 0 Å². The van der Waals surface area contributed by atoms with Crippen LogP contribution in [0, 0.1) is 0 Å². The lowest BCUT2D eigenvalue weighted by Crippen LogP contribution is -2.14. The average Bonchev–Trinajstić information content (AvgIpc) is 2.35. The van der Waals surface area contributed by atoms with Crippen LogP contribution in [0.4, 0.5) is 11.5 Å². The molecule has 5 nitrogen and oxygen atoms in total. The van der Waals surface area contributed by atoms with Crippen molar-refractivity contribution in [2.45, 2.75) is 0 Å². The Kier molecular flexibility index (Phi) is 3.64. The van der Waals surface area contributed by atoms with Crippen LogP contribution in [0.1, 0.15) is 10.4 Å². The Morgan fingerprint density at radius 1 is 1.22 bits per heavy atom. The van der Waals surface area contributed by atoms with Crippen molar-refractivity contribution in [3.8, 4) is 0 Å². The van der Waals surface area contributed by atoms with E-state index in [0.29, 0.717) is 16.5 Å². The summed E-state index contributed by atoms with van der Waals surface area (Å²) in [7, 11) is 0. The second-order valence-corrected chi connectivity index (χ2v) is 4.22. The normalized spacial score (nSPS) is 10.1. The van der Waals surface area contributed by atoms with Crippen molar-refractivity contribution in [2.75, 3.05) is 11.1 Å². The number of nitrogens with zero attached hydrogens (tertiary/aromatic N) is 2. The lowest BCUT2D eigenvalue weighted by Gasteiger charge is -2.06. The number of rotatable bonds is 2. The van der Waals surface area contributed by atoms with Gasteiger partial charge in [0.15, 0.2) is 0 Å². The number of aromatic nitrogens is 2. The third kappa shape index (κ3) is 2.88. The van der Waals surface area contributed by atoms with E-state index in [2.05, 4.69) is 15.3 Å². The Bertz CT molecular complexity index is 586. The van der Waals surface area contributed by atoms with E-state index < -0.39 is 5.91 Å². The van der Waals surface area contributed by atoms with Crippen LogP contribution in [0.15, 0.2) is 30.6 Å². The summed E-state index contributed by atoms with van der Waals surface area (Å²) in [6.07, 6.45) is 2.80. The van der Waals surface area contributed by atoms with Gasteiger partial charge in [0.2, 0.25) is 0 Å². The fourth-order valence-electron chi connectivity index (χ4n) is 1.26. The van der Waals surface area contributed by atoms with E-state index in [1.165, 1.54) is 18.5 Å². The van der Waals surface area contributed by atoms with E-state index in [9.17, 15) is 4.79 Å². The Balaban J connectivity index is 2.21. The molecule has 0 atom stereocenters. The number of nitrogens with one attached hydrogen (secondary N) is 1. The fourth-order valence-corrected chi connectivity index (χ4v) is 1.56. The number of carbonyl (C=O) groups is 1. The Morgan fingerprint density at radius 3 is 2.67 bits per heavy atom. The highest BCUT2D eigenvalue weighted by Crippen LogP contribution is 2.17. The molecule has 92 valence electrons. The molecule has 1 amide bonds. The van der Waals surface area contributed by atoms with Crippen molar-refractivity contribution in [1.82, 2.24) is 9.97 Å². The second kappa shape index (κ2) is 5.20. The first-order valence-corrected chi connectivity index (χ1v) is 5.66. The van der Waals surface area contributed by atoms with Gasteiger partial charge in [-0.2, -0.15) is 0 Å². The maximum absolute atomic E-state index is 11.9. The van der Waals surface area contributed by atoms with Crippen molar-refractivity contribution in [3.63, 3.8) is 0 Å². The van der Waals surface area contributed by atoms with E-state index in [0.717, 1.165) is 0 Å². The molecule has 0 aromatic carbocycles. The molecule has 0 spiro atoms. The SMILES string of the molecule is Nc1cnc(Cl)c(C(=O)Nc2ccc(Cl)cn2)c1. The number of nitrogens with two attached hydrogens (primary N) is 1. The van der Waals surface area contributed by atoms with Gasteiger partial charge in [-0.05, 0) is 18.2 Å². The number of pyridine rings is 2. The molecule has 18 heavy (non-hydrogen) atoms. The molecular weight excluding hydrogens is 275 g/mol. The van der Waals surface area contributed by atoms with Gasteiger partial charge in [0.1, 0.15) is 11.0 Å². The molecule has 0 aliphatic rings. The molecule has 2 aromatic rings. The number of anilines is 2. The third-order valence-electron chi connectivity index (χ3n) is 2.07. The van der Waals surface area contributed by atoms with E-state index in [-0.39, 0.29) is 10.7 Å². The van der Waals surface area contributed by atoms with Crippen LogP contribution in [-0.2, 0) is 0 Å². The summed E-state index contributed by atoms with van der Waals surface area (Å²) >= 11 is 11.5. The molecule has 0 unspecified atom stereocenters. The zero-order chi connectivity index (χ0) is 13.1. The summed E-state index contributed by atoms with van der Waals surface area (Å²) < 4.78 is 0. The summed E-state index contributed by atoms with van der Waals surface area (Å²) in [5.41, 5.74) is 6.09. The molecule has 3 N–H and O–H groups in total. The van der Waals surface area contributed by atoms with Gasteiger partial charge in [0.05, 0.1) is 22.5 Å². The summed E-state index contributed by atoms with van der Waals surface area (Å²) in [6.45, 7) is 0. The predicted molar refractivity (Wildman–Crippen MR) is 70.9 cm³/mol. The van der Waals surface area contributed by atoms with Crippen LogP contribution in [0.2, 0.25) is 10.2 Å². The molecule has 0 bridgehead atoms. The largest absolute Gasteiger partial charge is 0.397 e. The zero-order valence-electron chi connectivity index (χ0n) is 9.02. The molecule has 0 aliphatic carbocycles. The van der Waals surface area contributed by atoms with Crippen LogP contribution >= 0.6 is 23.2 Å². The highest BCUT2D eigenvalue weighted by molar-refractivity contribution is 6.33. The van der Waals surface area contributed by atoms with Gasteiger partial charge >= 0.3 is 0 Å². The van der Waals surface area contributed by atoms with E-state index in [4.69, 9.17) is 28.9 Å². The highest BCUT2D eigenvalue weighted by atomic mass is 35.5. The van der Waals surface area contributed by atoms with Gasteiger partial charge in [-0.1, -0.05) is 23.2 Å². The van der Waals surface area contributed by atoms with Crippen molar-refractivity contribution >= 4 is 40.6 Å². The maximum Gasteiger partial charge on any atom is 0.260 e. The van der Waals surface area contributed by atoms with Crippen LogP contribution in [-0.4, -0.2) is 15.9 Å². The van der Waals surface area contributed by atoms with Gasteiger partial charge in [0, 0.05) is 6.20 Å². The Hall–Kier alpha value is -1.85. The number of halogens is 2. The second-order valence-electron chi connectivity index (χ2n) is 3.42. The predicted octanol–water partition coefficient (Wildman–Crippen LogP) is 2.62. The minimum absolute atomic E-state index is 0.0793. The van der Waals surface area contributed by atoms with Crippen LogP contribution in [0.25, 0.3) is 0 Å². The lowest BCUT2D eigenvalue weighted by molar-refractivity contribution is 0.102. The first kappa shape index (κ1) is 12.6. The minimum atomic E-state index is -0.436. The summed E-state index contributed by atoms with van der Waals surface area (Å²) in [5.74, 6) is -0.0717. The lowest BCUT2D eigenvalue weighted by atomic mass is 10.2. The van der Waals surface area contributed by atoms with Crippen molar-refractivity contribution in [3.05, 3.63) is 46.3 Å². The third-order valence-corrected chi connectivity index (χ3v) is 2.60. The highest BCUT2D eigenvalue weighted by Gasteiger charge is 2.12. The molecule has 2 aromatic heterocycles. The van der Waals surface area contributed by atoms with Crippen LogP contribution in [0.3, 0.4) is 0 Å². The zero-order valence-corrected chi connectivity index (χ0v) is 10.5. The maximum atomic E-state index is 11.9. The van der Waals surface area contributed by atoms with Crippen molar-refractivity contribution in [1.29, 1.82) is 0 Å². The molecule has 2 rings (SSSR count). The smallest absolute Gasteiger partial charge is 0.260 e. The quantitative estimate of drug-likeness (QED) is 0.830. The van der Waals surface area contributed by atoms with E-state index in [1.54, 1.807) is 12.1 Å². The molecular formula is C11H8Cl2N4O. The Morgan fingerprint density at radius 2 is 2.00 bits per heavy atom. The van der Waals surface area contributed by atoms with Gasteiger partial charge in [0.25, 0.3) is 5.91 Å². The Labute approximate surface area is 113 Å². The molecule has 0 saturated carbocycles. The first-order chi connectivity index (χ1) is 8.56.